The SMILES string of the molecule is Cc1ccc2nc(N(CCCN3CCOCC3)C(=O)c3cccc(F)c3)sc2c1. The van der Waals surface area contributed by atoms with Crippen molar-refractivity contribution in [1.29, 1.82) is 0 Å². The fourth-order valence-electron chi connectivity index (χ4n) is 3.47. The number of hydrogen-bond donors (Lipinski definition) is 0. The Kier molecular flexibility index (Phi) is 6.18. The number of carbonyl (C=O) groups excluding carboxylic acids is 1. The zero-order valence-corrected chi connectivity index (χ0v) is 17.3. The summed E-state index contributed by atoms with van der Waals surface area (Å²) in [5, 5.41) is 0.654. The molecule has 1 amide bonds. The molecule has 1 fully saturated rings. The lowest BCUT2D eigenvalue weighted by molar-refractivity contribution is 0.0376. The Labute approximate surface area is 173 Å². The van der Waals surface area contributed by atoms with E-state index in [2.05, 4.69) is 16.0 Å². The van der Waals surface area contributed by atoms with Gasteiger partial charge >= 0.3 is 0 Å². The van der Waals surface area contributed by atoms with Crippen molar-refractivity contribution in [2.75, 3.05) is 44.3 Å². The highest BCUT2D eigenvalue weighted by molar-refractivity contribution is 7.22. The molecule has 0 spiro atoms. The fraction of sp³-hybridized carbons (Fsp3) is 0.364. The molecule has 1 aromatic heterocycles. The van der Waals surface area contributed by atoms with Gasteiger partial charge in [-0.2, -0.15) is 0 Å². The number of rotatable bonds is 6. The molecule has 0 atom stereocenters. The maximum atomic E-state index is 13.7. The number of amides is 1. The first-order valence-corrected chi connectivity index (χ1v) is 10.7. The lowest BCUT2D eigenvalue weighted by Gasteiger charge is -2.27. The third-order valence-electron chi connectivity index (χ3n) is 5.04. The average molecular weight is 414 g/mol. The second kappa shape index (κ2) is 8.98. The number of thiazole rings is 1. The molecule has 29 heavy (non-hydrogen) atoms. The smallest absolute Gasteiger partial charge is 0.260 e. The van der Waals surface area contributed by atoms with Crippen molar-refractivity contribution in [3.63, 3.8) is 0 Å². The normalized spacial score (nSPS) is 15.0. The zero-order chi connectivity index (χ0) is 20.2. The Morgan fingerprint density at radius 3 is 2.86 bits per heavy atom. The maximum Gasteiger partial charge on any atom is 0.260 e. The Bertz CT molecular complexity index is 1000. The molecule has 1 aliphatic heterocycles. The van der Waals surface area contributed by atoms with Crippen LogP contribution >= 0.6 is 11.3 Å². The van der Waals surface area contributed by atoms with Crippen molar-refractivity contribution >= 4 is 32.6 Å². The molecule has 152 valence electrons. The van der Waals surface area contributed by atoms with Gasteiger partial charge in [0.25, 0.3) is 5.91 Å². The third kappa shape index (κ3) is 4.80. The summed E-state index contributed by atoms with van der Waals surface area (Å²) in [6.07, 6.45) is 0.815. The minimum absolute atomic E-state index is 0.220. The van der Waals surface area contributed by atoms with Crippen LogP contribution in [0.3, 0.4) is 0 Å². The number of benzene rings is 2. The van der Waals surface area contributed by atoms with Crippen LogP contribution in [0.4, 0.5) is 9.52 Å². The van der Waals surface area contributed by atoms with Crippen molar-refractivity contribution < 1.29 is 13.9 Å². The predicted molar refractivity (Wildman–Crippen MR) is 114 cm³/mol. The number of hydrogen-bond acceptors (Lipinski definition) is 5. The summed E-state index contributed by atoms with van der Waals surface area (Å²) in [6, 6.07) is 11.9. The molecule has 0 N–H and O–H groups in total. The number of aromatic nitrogens is 1. The number of aryl methyl sites for hydroxylation is 1. The van der Waals surface area contributed by atoms with E-state index in [1.54, 1.807) is 17.0 Å². The van der Waals surface area contributed by atoms with Gasteiger partial charge in [-0.25, -0.2) is 9.37 Å². The summed E-state index contributed by atoms with van der Waals surface area (Å²) in [6.45, 7) is 6.80. The first-order valence-electron chi connectivity index (χ1n) is 9.85. The minimum Gasteiger partial charge on any atom is -0.379 e. The fourth-order valence-corrected chi connectivity index (χ4v) is 4.56. The first kappa shape index (κ1) is 19.9. The molecule has 0 saturated carbocycles. The van der Waals surface area contributed by atoms with Crippen LogP contribution in [0.2, 0.25) is 0 Å². The van der Waals surface area contributed by atoms with Crippen LogP contribution in [0.15, 0.2) is 42.5 Å². The van der Waals surface area contributed by atoms with E-state index in [0.29, 0.717) is 17.2 Å². The standard InChI is InChI=1S/C22H24FN3O2S/c1-16-6-7-19-20(14-16)29-22(24-19)26(9-3-8-25-10-12-28-13-11-25)21(27)17-4-2-5-18(23)15-17/h2,4-7,14-15H,3,8-13H2,1H3. The van der Waals surface area contributed by atoms with Gasteiger partial charge < -0.3 is 4.74 Å². The second-order valence-electron chi connectivity index (χ2n) is 7.24. The monoisotopic (exact) mass is 413 g/mol. The molecular weight excluding hydrogens is 389 g/mol. The molecule has 0 aliphatic carbocycles. The van der Waals surface area contributed by atoms with Gasteiger partial charge in [0, 0.05) is 31.7 Å². The molecule has 4 rings (SSSR count). The van der Waals surface area contributed by atoms with E-state index >= 15 is 0 Å². The molecule has 2 heterocycles. The number of fused-ring (bicyclic) bond motifs is 1. The molecule has 3 aromatic rings. The van der Waals surface area contributed by atoms with Gasteiger partial charge in [-0.3, -0.25) is 14.6 Å². The molecular formula is C22H24FN3O2S. The Hall–Kier alpha value is -2.35. The number of nitrogens with zero attached hydrogens (tertiary/aromatic N) is 3. The third-order valence-corrected chi connectivity index (χ3v) is 6.08. The van der Waals surface area contributed by atoms with E-state index in [1.807, 2.05) is 19.1 Å². The number of anilines is 1. The zero-order valence-electron chi connectivity index (χ0n) is 16.4. The molecule has 1 saturated heterocycles. The summed E-state index contributed by atoms with van der Waals surface area (Å²) >= 11 is 1.50. The second-order valence-corrected chi connectivity index (χ2v) is 8.25. The molecule has 0 radical (unpaired) electrons. The van der Waals surface area contributed by atoms with E-state index in [0.717, 1.165) is 55.0 Å². The average Bonchev–Trinajstić information content (AvgIpc) is 3.14. The van der Waals surface area contributed by atoms with Crippen LogP contribution in [-0.4, -0.2) is 55.2 Å². The quantitative estimate of drug-likeness (QED) is 0.610. The molecule has 7 heteroatoms. The van der Waals surface area contributed by atoms with Crippen LogP contribution in [0, 0.1) is 12.7 Å². The summed E-state index contributed by atoms with van der Waals surface area (Å²) in [5.74, 6) is -0.633. The summed E-state index contributed by atoms with van der Waals surface area (Å²) in [7, 11) is 0. The van der Waals surface area contributed by atoms with Crippen molar-refractivity contribution in [2.45, 2.75) is 13.3 Å². The van der Waals surface area contributed by atoms with Crippen LogP contribution in [0.1, 0.15) is 22.3 Å². The molecule has 1 aliphatic rings. The van der Waals surface area contributed by atoms with Crippen LogP contribution in [0.25, 0.3) is 10.2 Å². The van der Waals surface area contributed by atoms with Crippen LogP contribution in [-0.2, 0) is 4.74 Å². The predicted octanol–water partition coefficient (Wildman–Crippen LogP) is 4.11. The largest absolute Gasteiger partial charge is 0.379 e. The molecule has 2 aromatic carbocycles. The lowest BCUT2D eigenvalue weighted by Crippen LogP contribution is -2.39. The van der Waals surface area contributed by atoms with E-state index in [9.17, 15) is 9.18 Å². The molecule has 0 unspecified atom stereocenters. The first-order chi connectivity index (χ1) is 14.1. The number of halogens is 1. The Morgan fingerprint density at radius 1 is 1.24 bits per heavy atom. The maximum absolute atomic E-state index is 13.7. The lowest BCUT2D eigenvalue weighted by atomic mass is 10.2. The van der Waals surface area contributed by atoms with Gasteiger partial charge in [-0.15, -0.1) is 0 Å². The number of carbonyl (C=O) groups is 1. The van der Waals surface area contributed by atoms with Gasteiger partial charge in [-0.05, 0) is 49.2 Å². The highest BCUT2D eigenvalue weighted by Crippen LogP contribution is 2.30. The molecule has 0 bridgehead atoms. The van der Waals surface area contributed by atoms with Gasteiger partial charge in [0.1, 0.15) is 5.82 Å². The van der Waals surface area contributed by atoms with E-state index in [1.165, 1.54) is 23.5 Å². The van der Waals surface area contributed by atoms with Gasteiger partial charge in [0.05, 0.1) is 23.4 Å². The van der Waals surface area contributed by atoms with E-state index in [-0.39, 0.29) is 5.91 Å². The van der Waals surface area contributed by atoms with E-state index < -0.39 is 5.82 Å². The van der Waals surface area contributed by atoms with E-state index in [4.69, 9.17) is 4.74 Å². The van der Waals surface area contributed by atoms with Gasteiger partial charge in [0.15, 0.2) is 5.13 Å². The number of ether oxygens (including phenoxy) is 1. The van der Waals surface area contributed by atoms with Crippen molar-refractivity contribution in [1.82, 2.24) is 9.88 Å². The summed E-state index contributed by atoms with van der Waals surface area (Å²) in [4.78, 5) is 21.9. The highest BCUT2D eigenvalue weighted by Gasteiger charge is 2.22. The Balaban J connectivity index is 1.57. The highest BCUT2D eigenvalue weighted by atomic mass is 32.1. The molecule has 5 nitrogen and oxygen atoms in total. The van der Waals surface area contributed by atoms with Crippen LogP contribution < -0.4 is 4.90 Å². The van der Waals surface area contributed by atoms with Crippen molar-refractivity contribution in [3.8, 4) is 0 Å². The summed E-state index contributed by atoms with van der Waals surface area (Å²) < 4.78 is 20.1. The van der Waals surface area contributed by atoms with Crippen LogP contribution in [0.5, 0.6) is 0 Å². The van der Waals surface area contributed by atoms with Crippen molar-refractivity contribution in [2.24, 2.45) is 0 Å². The van der Waals surface area contributed by atoms with Crippen molar-refractivity contribution in [3.05, 3.63) is 59.4 Å². The summed E-state index contributed by atoms with van der Waals surface area (Å²) in [5.41, 5.74) is 2.37. The van der Waals surface area contributed by atoms with Gasteiger partial charge in [0.2, 0.25) is 0 Å². The Morgan fingerprint density at radius 2 is 2.07 bits per heavy atom. The minimum atomic E-state index is -0.413. The topological polar surface area (TPSA) is 45.7 Å². The number of morpholine rings is 1. The van der Waals surface area contributed by atoms with Gasteiger partial charge in [-0.1, -0.05) is 23.5 Å².